The quantitative estimate of drug-likeness (QED) is 0.657. The Morgan fingerprint density at radius 1 is 1.46 bits per heavy atom. The average molecular weight is 199 g/mol. The van der Waals surface area contributed by atoms with Crippen molar-refractivity contribution >= 4 is 11.3 Å². The summed E-state index contributed by atoms with van der Waals surface area (Å²) in [5, 5.41) is 0. The SMILES string of the molecule is CCCCOCCc1scnc1C. The normalized spacial score (nSPS) is 10.6. The second kappa shape index (κ2) is 6.11. The van der Waals surface area contributed by atoms with Gasteiger partial charge in [0.25, 0.3) is 0 Å². The highest BCUT2D eigenvalue weighted by Gasteiger charge is 2.00. The van der Waals surface area contributed by atoms with Crippen LogP contribution in [0.3, 0.4) is 0 Å². The Morgan fingerprint density at radius 3 is 2.92 bits per heavy atom. The summed E-state index contributed by atoms with van der Waals surface area (Å²) in [5.74, 6) is 0. The summed E-state index contributed by atoms with van der Waals surface area (Å²) in [6, 6.07) is 0. The highest BCUT2D eigenvalue weighted by Crippen LogP contribution is 2.12. The van der Waals surface area contributed by atoms with Crippen LogP contribution in [0, 0.1) is 6.92 Å². The van der Waals surface area contributed by atoms with Gasteiger partial charge in [0.1, 0.15) is 0 Å². The van der Waals surface area contributed by atoms with Crippen LogP contribution in [0.15, 0.2) is 5.51 Å². The molecule has 0 N–H and O–H groups in total. The molecule has 13 heavy (non-hydrogen) atoms. The molecule has 0 fully saturated rings. The molecule has 1 rings (SSSR count). The van der Waals surface area contributed by atoms with Gasteiger partial charge in [-0.15, -0.1) is 11.3 Å². The van der Waals surface area contributed by atoms with E-state index in [0.29, 0.717) is 0 Å². The molecule has 0 aliphatic carbocycles. The molecule has 1 aromatic heterocycles. The standard InChI is InChI=1S/C10H17NOS/c1-3-4-6-12-7-5-10-9(2)11-8-13-10/h8H,3-7H2,1-2H3. The lowest BCUT2D eigenvalue weighted by Crippen LogP contribution is -1.99. The monoisotopic (exact) mass is 199 g/mol. The molecule has 74 valence electrons. The number of thiazole rings is 1. The van der Waals surface area contributed by atoms with Crippen LogP contribution in [-0.4, -0.2) is 18.2 Å². The fraction of sp³-hybridized carbons (Fsp3) is 0.700. The molecule has 0 aromatic carbocycles. The summed E-state index contributed by atoms with van der Waals surface area (Å²) in [6.07, 6.45) is 3.39. The number of aryl methyl sites for hydroxylation is 1. The first kappa shape index (κ1) is 10.7. The van der Waals surface area contributed by atoms with Gasteiger partial charge in [-0.05, 0) is 13.3 Å². The van der Waals surface area contributed by atoms with Gasteiger partial charge in [0.15, 0.2) is 0 Å². The van der Waals surface area contributed by atoms with Gasteiger partial charge in [-0.1, -0.05) is 13.3 Å². The molecule has 0 spiro atoms. The van der Waals surface area contributed by atoms with Gasteiger partial charge in [0.2, 0.25) is 0 Å². The maximum absolute atomic E-state index is 5.48. The maximum Gasteiger partial charge on any atom is 0.0797 e. The van der Waals surface area contributed by atoms with E-state index in [1.165, 1.54) is 17.7 Å². The molecule has 0 unspecified atom stereocenters. The maximum atomic E-state index is 5.48. The molecule has 1 heterocycles. The fourth-order valence-corrected chi connectivity index (χ4v) is 1.84. The van der Waals surface area contributed by atoms with E-state index in [1.807, 2.05) is 5.51 Å². The summed E-state index contributed by atoms with van der Waals surface area (Å²) in [4.78, 5) is 5.55. The van der Waals surface area contributed by atoms with Crippen molar-refractivity contribution in [2.75, 3.05) is 13.2 Å². The molecule has 0 radical (unpaired) electrons. The van der Waals surface area contributed by atoms with Gasteiger partial charge in [-0.3, -0.25) is 0 Å². The van der Waals surface area contributed by atoms with Gasteiger partial charge in [-0.25, -0.2) is 4.98 Å². The molecule has 0 saturated heterocycles. The zero-order valence-electron chi connectivity index (χ0n) is 8.38. The van der Waals surface area contributed by atoms with E-state index in [9.17, 15) is 0 Å². The van der Waals surface area contributed by atoms with Gasteiger partial charge in [-0.2, -0.15) is 0 Å². The minimum Gasteiger partial charge on any atom is -0.381 e. The largest absolute Gasteiger partial charge is 0.381 e. The molecule has 0 atom stereocenters. The molecule has 0 amide bonds. The van der Waals surface area contributed by atoms with Crippen LogP contribution in [0.1, 0.15) is 30.3 Å². The minimum atomic E-state index is 0.836. The summed E-state index contributed by atoms with van der Waals surface area (Å²) in [5.41, 5.74) is 3.06. The molecule has 2 nitrogen and oxygen atoms in total. The Morgan fingerprint density at radius 2 is 2.31 bits per heavy atom. The van der Waals surface area contributed by atoms with Crippen LogP contribution >= 0.6 is 11.3 Å². The van der Waals surface area contributed by atoms with Crippen LogP contribution in [0.4, 0.5) is 0 Å². The lowest BCUT2D eigenvalue weighted by atomic mass is 10.3. The third-order valence-corrected chi connectivity index (χ3v) is 2.96. The number of nitrogens with zero attached hydrogens (tertiary/aromatic N) is 1. The highest BCUT2D eigenvalue weighted by atomic mass is 32.1. The third kappa shape index (κ3) is 3.87. The molecule has 0 saturated carbocycles. The fourth-order valence-electron chi connectivity index (χ4n) is 1.08. The van der Waals surface area contributed by atoms with Crippen molar-refractivity contribution in [3.05, 3.63) is 16.1 Å². The van der Waals surface area contributed by atoms with Crippen molar-refractivity contribution in [1.82, 2.24) is 4.98 Å². The molecular weight excluding hydrogens is 182 g/mol. The van der Waals surface area contributed by atoms with Gasteiger partial charge >= 0.3 is 0 Å². The average Bonchev–Trinajstić information content (AvgIpc) is 2.52. The lowest BCUT2D eigenvalue weighted by Gasteiger charge is -2.01. The van der Waals surface area contributed by atoms with Gasteiger partial charge in [0.05, 0.1) is 17.8 Å². The number of hydrogen-bond acceptors (Lipinski definition) is 3. The summed E-state index contributed by atoms with van der Waals surface area (Å²) >= 11 is 1.72. The summed E-state index contributed by atoms with van der Waals surface area (Å²) < 4.78 is 5.48. The van der Waals surface area contributed by atoms with Gasteiger partial charge < -0.3 is 4.74 Å². The van der Waals surface area contributed by atoms with Crippen LogP contribution < -0.4 is 0 Å². The van der Waals surface area contributed by atoms with Crippen molar-refractivity contribution < 1.29 is 4.74 Å². The van der Waals surface area contributed by atoms with E-state index in [-0.39, 0.29) is 0 Å². The summed E-state index contributed by atoms with van der Waals surface area (Å²) in [6.45, 7) is 5.96. The first-order valence-corrected chi connectivity index (χ1v) is 5.69. The van der Waals surface area contributed by atoms with E-state index >= 15 is 0 Å². The smallest absolute Gasteiger partial charge is 0.0797 e. The van der Waals surface area contributed by atoms with Crippen LogP contribution in [-0.2, 0) is 11.2 Å². The molecule has 0 aliphatic rings. The Hall–Kier alpha value is -0.410. The predicted octanol–water partition coefficient (Wildman–Crippen LogP) is 2.81. The summed E-state index contributed by atoms with van der Waals surface area (Å²) in [7, 11) is 0. The molecule has 3 heteroatoms. The van der Waals surface area contributed by atoms with E-state index < -0.39 is 0 Å². The number of ether oxygens (including phenoxy) is 1. The Kier molecular flexibility index (Phi) is 5.01. The van der Waals surface area contributed by atoms with Crippen molar-refractivity contribution in [3.63, 3.8) is 0 Å². The number of aromatic nitrogens is 1. The Bertz CT molecular complexity index is 235. The van der Waals surface area contributed by atoms with E-state index in [1.54, 1.807) is 11.3 Å². The van der Waals surface area contributed by atoms with E-state index in [4.69, 9.17) is 4.74 Å². The predicted molar refractivity (Wildman–Crippen MR) is 56.3 cm³/mol. The molecule has 1 aromatic rings. The molecule has 0 bridgehead atoms. The second-order valence-electron chi connectivity index (χ2n) is 3.08. The first-order chi connectivity index (χ1) is 6.34. The van der Waals surface area contributed by atoms with E-state index in [2.05, 4.69) is 18.8 Å². The van der Waals surface area contributed by atoms with Crippen molar-refractivity contribution in [2.24, 2.45) is 0 Å². The number of unbranched alkanes of at least 4 members (excludes halogenated alkanes) is 1. The van der Waals surface area contributed by atoms with Crippen LogP contribution in [0.5, 0.6) is 0 Å². The second-order valence-corrected chi connectivity index (χ2v) is 4.02. The topological polar surface area (TPSA) is 22.1 Å². The molecular formula is C10H17NOS. The lowest BCUT2D eigenvalue weighted by molar-refractivity contribution is 0.134. The minimum absolute atomic E-state index is 0.836. The van der Waals surface area contributed by atoms with Crippen molar-refractivity contribution in [1.29, 1.82) is 0 Å². The number of hydrogen-bond donors (Lipinski definition) is 0. The Balaban J connectivity index is 2.10. The molecule has 0 aliphatic heterocycles. The van der Waals surface area contributed by atoms with Crippen molar-refractivity contribution in [2.45, 2.75) is 33.1 Å². The highest BCUT2D eigenvalue weighted by molar-refractivity contribution is 7.09. The number of rotatable bonds is 6. The van der Waals surface area contributed by atoms with Crippen LogP contribution in [0.25, 0.3) is 0 Å². The van der Waals surface area contributed by atoms with E-state index in [0.717, 1.165) is 25.3 Å². The van der Waals surface area contributed by atoms with Gasteiger partial charge in [0, 0.05) is 17.9 Å². The first-order valence-electron chi connectivity index (χ1n) is 4.81. The van der Waals surface area contributed by atoms with Crippen molar-refractivity contribution in [3.8, 4) is 0 Å². The third-order valence-electron chi connectivity index (χ3n) is 1.96. The zero-order chi connectivity index (χ0) is 9.52. The zero-order valence-corrected chi connectivity index (χ0v) is 9.19. The van der Waals surface area contributed by atoms with Crippen LogP contribution in [0.2, 0.25) is 0 Å². The Labute approximate surface area is 84.0 Å².